The SMILES string of the molecule is [C-]#[N+]c1c2ccccc2c(C#N)c2ccc(C=Cc3ccc(N(c4cccc5c4CCCC5)c4cccc5c4CCCC5)cc3)cc12. The summed E-state index contributed by atoms with van der Waals surface area (Å²) in [6, 6.07) is 38.8. The van der Waals surface area contributed by atoms with Crippen LogP contribution in [0.4, 0.5) is 22.7 Å². The lowest BCUT2D eigenvalue weighted by atomic mass is 9.88. The summed E-state index contributed by atoms with van der Waals surface area (Å²) in [6.07, 6.45) is 13.8. The van der Waals surface area contributed by atoms with Gasteiger partial charge >= 0.3 is 0 Å². The molecule has 2 aliphatic carbocycles. The molecule has 0 amide bonds. The van der Waals surface area contributed by atoms with Crippen LogP contribution in [-0.2, 0) is 25.7 Å². The first kappa shape index (κ1) is 28.8. The Morgan fingerprint density at radius 2 is 1.17 bits per heavy atom. The van der Waals surface area contributed by atoms with E-state index in [4.69, 9.17) is 6.57 Å². The minimum atomic E-state index is 0.598. The highest BCUT2D eigenvalue weighted by molar-refractivity contribution is 6.15. The monoisotopic (exact) mass is 605 g/mol. The maximum Gasteiger partial charge on any atom is 0.202 e. The van der Waals surface area contributed by atoms with E-state index >= 15 is 0 Å². The molecule has 3 heteroatoms. The largest absolute Gasteiger partial charge is 0.310 e. The zero-order valence-corrected chi connectivity index (χ0v) is 26.5. The predicted octanol–water partition coefficient (Wildman–Crippen LogP) is 11.8. The highest BCUT2D eigenvalue weighted by atomic mass is 15.1. The molecule has 0 unspecified atom stereocenters. The van der Waals surface area contributed by atoms with Gasteiger partial charge in [-0.15, -0.1) is 0 Å². The average molecular weight is 606 g/mol. The first-order chi connectivity index (χ1) is 23.2. The summed E-state index contributed by atoms with van der Waals surface area (Å²) in [7, 11) is 0. The van der Waals surface area contributed by atoms with Crippen molar-refractivity contribution in [2.45, 2.75) is 51.4 Å². The Balaban J connectivity index is 1.17. The molecule has 6 aromatic rings. The number of fused-ring (bicyclic) bond motifs is 4. The van der Waals surface area contributed by atoms with Crippen LogP contribution in [0.3, 0.4) is 0 Å². The lowest BCUT2D eigenvalue weighted by Gasteiger charge is -2.33. The lowest BCUT2D eigenvalue weighted by Crippen LogP contribution is -2.18. The molecule has 0 fully saturated rings. The quantitative estimate of drug-likeness (QED) is 0.111. The van der Waals surface area contributed by atoms with Crippen molar-refractivity contribution in [1.82, 2.24) is 0 Å². The summed E-state index contributed by atoms with van der Waals surface area (Å²) in [5.41, 5.74) is 13.1. The van der Waals surface area contributed by atoms with Crippen LogP contribution in [0, 0.1) is 17.9 Å². The van der Waals surface area contributed by atoms with Crippen LogP contribution in [-0.4, -0.2) is 0 Å². The number of benzene rings is 6. The van der Waals surface area contributed by atoms with Gasteiger partial charge in [-0.2, -0.15) is 5.26 Å². The second kappa shape index (κ2) is 12.3. The molecule has 0 atom stereocenters. The van der Waals surface area contributed by atoms with Gasteiger partial charge < -0.3 is 4.90 Å². The molecule has 6 aromatic carbocycles. The summed E-state index contributed by atoms with van der Waals surface area (Å²) < 4.78 is 0. The molecule has 0 aromatic heterocycles. The van der Waals surface area contributed by atoms with Gasteiger partial charge in [-0.05, 0) is 131 Å². The number of aryl methyl sites for hydroxylation is 2. The topological polar surface area (TPSA) is 31.4 Å². The standard InChI is InChI=1S/C44H35N3/c1-46-44-39-17-7-6-16-37(39)41(29-45)38-27-24-31(28-40(38)44)21-20-30-22-25-34(26-23-30)47(42-18-8-12-32-10-2-4-14-35(32)42)43-19-9-13-33-11-3-5-15-36(33)43/h6-9,12-13,16-28H,2-5,10-11,14-15H2. The molecule has 47 heavy (non-hydrogen) atoms. The molecule has 226 valence electrons. The minimum Gasteiger partial charge on any atom is -0.310 e. The van der Waals surface area contributed by atoms with Gasteiger partial charge in [0, 0.05) is 17.1 Å². The van der Waals surface area contributed by atoms with E-state index in [-0.39, 0.29) is 0 Å². The van der Waals surface area contributed by atoms with Crippen molar-refractivity contribution >= 4 is 56.4 Å². The fourth-order valence-corrected chi connectivity index (χ4v) is 7.79. The first-order valence-corrected chi connectivity index (χ1v) is 16.8. The number of nitriles is 1. The third-order valence-corrected chi connectivity index (χ3v) is 10.1. The van der Waals surface area contributed by atoms with Crippen molar-refractivity contribution in [2.75, 3.05) is 4.90 Å². The maximum atomic E-state index is 10.00. The van der Waals surface area contributed by atoms with Crippen LogP contribution in [0.2, 0.25) is 0 Å². The number of rotatable bonds is 5. The molecule has 0 radical (unpaired) electrons. The van der Waals surface area contributed by atoms with Crippen LogP contribution >= 0.6 is 0 Å². The second-order valence-corrected chi connectivity index (χ2v) is 12.8. The first-order valence-electron chi connectivity index (χ1n) is 16.8. The number of hydrogen-bond donors (Lipinski definition) is 0. The van der Waals surface area contributed by atoms with Gasteiger partial charge in [0.15, 0.2) is 0 Å². The molecule has 0 N–H and O–H groups in total. The van der Waals surface area contributed by atoms with E-state index < -0.39 is 0 Å². The van der Waals surface area contributed by atoms with Gasteiger partial charge in [-0.25, -0.2) is 4.85 Å². The molecule has 2 aliphatic rings. The molecular formula is C44H35N3. The van der Waals surface area contributed by atoms with Gasteiger partial charge in [-0.1, -0.05) is 91.0 Å². The molecule has 0 bridgehead atoms. The predicted molar refractivity (Wildman–Crippen MR) is 196 cm³/mol. The van der Waals surface area contributed by atoms with E-state index in [0.29, 0.717) is 11.3 Å². The summed E-state index contributed by atoms with van der Waals surface area (Å²) in [4.78, 5) is 6.43. The van der Waals surface area contributed by atoms with Crippen LogP contribution in [0.1, 0.15) is 64.6 Å². The molecule has 3 nitrogen and oxygen atoms in total. The zero-order chi connectivity index (χ0) is 31.7. The summed E-state index contributed by atoms with van der Waals surface area (Å²) >= 11 is 0. The Morgan fingerprint density at radius 3 is 1.81 bits per heavy atom. The molecule has 0 saturated heterocycles. The Morgan fingerprint density at radius 1 is 0.596 bits per heavy atom. The van der Waals surface area contributed by atoms with Crippen LogP contribution < -0.4 is 4.90 Å². The van der Waals surface area contributed by atoms with Gasteiger partial charge in [0.05, 0.1) is 12.1 Å². The van der Waals surface area contributed by atoms with E-state index in [0.717, 1.165) is 58.4 Å². The van der Waals surface area contributed by atoms with Crippen LogP contribution in [0.15, 0.2) is 103 Å². The summed E-state index contributed by atoms with van der Waals surface area (Å²) in [6.45, 7) is 7.94. The number of anilines is 3. The molecule has 0 spiro atoms. The van der Waals surface area contributed by atoms with Crippen molar-refractivity contribution in [2.24, 2.45) is 0 Å². The van der Waals surface area contributed by atoms with E-state index in [9.17, 15) is 5.26 Å². The van der Waals surface area contributed by atoms with Crippen molar-refractivity contribution < 1.29 is 0 Å². The molecule has 0 saturated carbocycles. The van der Waals surface area contributed by atoms with Gasteiger partial charge in [-0.3, -0.25) is 0 Å². The zero-order valence-electron chi connectivity index (χ0n) is 26.5. The van der Waals surface area contributed by atoms with Crippen molar-refractivity contribution in [1.29, 1.82) is 5.26 Å². The lowest BCUT2D eigenvalue weighted by molar-refractivity contribution is 0.682. The Kier molecular flexibility index (Phi) is 7.53. The van der Waals surface area contributed by atoms with E-state index in [2.05, 4.69) is 88.6 Å². The average Bonchev–Trinajstić information content (AvgIpc) is 3.13. The molecule has 0 aliphatic heterocycles. The molecular weight excluding hydrogens is 571 g/mol. The highest BCUT2D eigenvalue weighted by Gasteiger charge is 2.24. The summed E-state index contributed by atoms with van der Waals surface area (Å²) in [5.74, 6) is 0. The molecule has 8 rings (SSSR count). The van der Waals surface area contributed by atoms with Crippen molar-refractivity contribution in [3.05, 3.63) is 153 Å². The van der Waals surface area contributed by atoms with Crippen LogP contribution in [0.5, 0.6) is 0 Å². The Hall–Kier alpha value is -5.64. The Labute approximate surface area is 276 Å². The maximum absolute atomic E-state index is 10.00. The smallest absolute Gasteiger partial charge is 0.202 e. The second-order valence-electron chi connectivity index (χ2n) is 12.8. The van der Waals surface area contributed by atoms with Crippen molar-refractivity contribution in [3.8, 4) is 6.07 Å². The minimum absolute atomic E-state index is 0.598. The Bertz CT molecular complexity index is 2220. The third-order valence-electron chi connectivity index (χ3n) is 10.1. The van der Waals surface area contributed by atoms with Crippen LogP contribution in [0.25, 0.3) is 38.5 Å². The van der Waals surface area contributed by atoms with Gasteiger partial charge in [0.1, 0.15) is 6.07 Å². The fourth-order valence-electron chi connectivity index (χ4n) is 7.79. The van der Waals surface area contributed by atoms with E-state index in [1.54, 1.807) is 0 Å². The third kappa shape index (κ3) is 5.15. The highest BCUT2D eigenvalue weighted by Crippen LogP contribution is 2.44. The fraction of sp³-hybridized carbons (Fsp3) is 0.182. The normalized spacial score (nSPS) is 14.0. The van der Waals surface area contributed by atoms with E-state index in [1.807, 2.05) is 42.5 Å². The molecule has 0 heterocycles. The van der Waals surface area contributed by atoms with Gasteiger partial charge in [0.25, 0.3) is 0 Å². The van der Waals surface area contributed by atoms with E-state index in [1.165, 1.54) is 65.0 Å². The number of nitrogens with zero attached hydrogens (tertiary/aromatic N) is 3. The number of hydrogen-bond acceptors (Lipinski definition) is 2. The summed E-state index contributed by atoms with van der Waals surface area (Å²) in [5, 5.41) is 13.3. The van der Waals surface area contributed by atoms with Gasteiger partial charge in [0.2, 0.25) is 5.69 Å². The van der Waals surface area contributed by atoms with Crippen molar-refractivity contribution in [3.63, 3.8) is 0 Å².